The number of nitro groups is 1. The number of ketones is 1. The molecule has 2 aromatic rings. The number of nitrogens with zero attached hydrogens (tertiary/aromatic N) is 3. The van der Waals surface area contributed by atoms with Gasteiger partial charge in [0.15, 0.2) is 5.78 Å². The van der Waals surface area contributed by atoms with Crippen molar-refractivity contribution in [2.75, 3.05) is 6.54 Å². The average Bonchev–Trinajstić information content (AvgIpc) is 3.07. The van der Waals surface area contributed by atoms with Gasteiger partial charge in [-0.05, 0) is 18.9 Å². The van der Waals surface area contributed by atoms with E-state index in [0.29, 0.717) is 18.4 Å². The Bertz CT molecular complexity index is 1120. The van der Waals surface area contributed by atoms with Crippen molar-refractivity contribution >= 4 is 29.2 Å². The summed E-state index contributed by atoms with van der Waals surface area (Å²) in [4.78, 5) is 62.9. The smallest absolute Gasteiger partial charge is 0.273 e. The molecule has 1 aliphatic heterocycles. The predicted octanol–water partition coefficient (Wildman–Crippen LogP) is 2.79. The second kappa shape index (κ2) is 8.54. The van der Waals surface area contributed by atoms with E-state index in [4.69, 9.17) is 0 Å². The lowest BCUT2D eigenvalue weighted by atomic mass is 9.85. The van der Waals surface area contributed by atoms with Crippen LogP contribution in [0.5, 0.6) is 0 Å². The Kier molecular flexibility index (Phi) is 5.63. The molecule has 0 aromatic heterocycles. The van der Waals surface area contributed by atoms with Crippen molar-refractivity contribution in [1.29, 1.82) is 0 Å². The number of carbonyl (C=O) groups is 4. The van der Waals surface area contributed by atoms with Crippen molar-refractivity contribution in [3.05, 3.63) is 88.0 Å². The van der Waals surface area contributed by atoms with Gasteiger partial charge in [-0.1, -0.05) is 48.6 Å². The van der Waals surface area contributed by atoms with Crippen LogP contribution in [-0.4, -0.2) is 45.0 Å². The lowest BCUT2D eigenvalue weighted by molar-refractivity contribution is -0.384. The fraction of sp³-hybridized carbons (Fsp3) is 0.217. The number of rotatable bonds is 6. The number of imide groups is 1. The van der Waals surface area contributed by atoms with Crippen LogP contribution in [0, 0.1) is 22.0 Å². The first-order valence-corrected chi connectivity index (χ1v) is 10.1. The summed E-state index contributed by atoms with van der Waals surface area (Å²) < 4.78 is 0. The zero-order valence-corrected chi connectivity index (χ0v) is 16.9. The minimum absolute atomic E-state index is 0.103. The molecule has 0 bridgehead atoms. The number of hydrogen-bond acceptors (Lipinski definition) is 6. The van der Waals surface area contributed by atoms with E-state index >= 15 is 0 Å². The number of hydrazine groups is 1. The fourth-order valence-corrected chi connectivity index (χ4v) is 4.01. The van der Waals surface area contributed by atoms with Crippen molar-refractivity contribution in [3.8, 4) is 0 Å². The van der Waals surface area contributed by atoms with E-state index < -0.39 is 46.8 Å². The molecule has 0 N–H and O–H groups in total. The van der Waals surface area contributed by atoms with Gasteiger partial charge in [0.25, 0.3) is 23.4 Å². The van der Waals surface area contributed by atoms with Gasteiger partial charge in [0.2, 0.25) is 0 Å². The lowest BCUT2D eigenvalue weighted by Crippen LogP contribution is -2.52. The van der Waals surface area contributed by atoms with E-state index in [1.165, 1.54) is 18.2 Å². The molecule has 2 aliphatic rings. The molecule has 2 atom stereocenters. The van der Waals surface area contributed by atoms with Crippen molar-refractivity contribution in [2.45, 2.75) is 12.8 Å². The molecular weight excluding hydrogens is 414 g/mol. The molecule has 9 nitrogen and oxygen atoms in total. The van der Waals surface area contributed by atoms with Crippen LogP contribution in [0.25, 0.3) is 0 Å². The van der Waals surface area contributed by atoms with Crippen LogP contribution in [0.4, 0.5) is 5.69 Å². The Morgan fingerprint density at radius 1 is 0.938 bits per heavy atom. The molecule has 162 valence electrons. The van der Waals surface area contributed by atoms with Crippen molar-refractivity contribution in [3.63, 3.8) is 0 Å². The Labute approximate surface area is 183 Å². The van der Waals surface area contributed by atoms with Gasteiger partial charge in [-0.25, -0.2) is 5.01 Å². The van der Waals surface area contributed by atoms with Crippen molar-refractivity contribution < 1.29 is 24.1 Å². The molecule has 2 aromatic carbocycles. The monoisotopic (exact) mass is 433 g/mol. The van der Waals surface area contributed by atoms with Gasteiger partial charge in [-0.15, -0.1) is 0 Å². The molecule has 0 unspecified atom stereocenters. The normalized spacial score (nSPS) is 19.6. The Morgan fingerprint density at radius 2 is 1.53 bits per heavy atom. The maximum atomic E-state index is 13.4. The summed E-state index contributed by atoms with van der Waals surface area (Å²) in [6.45, 7) is -0.560. The van der Waals surface area contributed by atoms with E-state index in [1.807, 2.05) is 12.2 Å². The van der Waals surface area contributed by atoms with Gasteiger partial charge in [0.05, 0.1) is 16.8 Å². The first kappa shape index (κ1) is 21.1. The zero-order valence-electron chi connectivity index (χ0n) is 16.9. The fourth-order valence-electron chi connectivity index (χ4n) is 4.01. The van der Waals surface area contributed by atoms with Crippen LogP contribution < -0.4 is 0 Å². The van der Waals surface area contributed by atoms with Gasteiger partial charge in [0.1, 0.15) is 6.54 Å². The van der Waals surface area contributed by atoms with Gasteiger partial charge in [-0.2, -0.15) is 5.01 Å². The first-order valence-electron chi connectivity index (χ1n) is 10.1. The summed E-state index contributed by atoms with van der Waals surface area (Å²) in [5.74, 6) is -3.61. The number of fused-ring (bicyclic) bond motifs is 1. The van der Waals surface area contributed by atoms with Crippen LogP contribution in [0.15, 0.2) is 66.7 Å². The third-order valence-corrected chi connectivity index (χ3v) is 5.65. The molecule has 4 rings (SSSR count). The molecule has 1 aliphatic carbocycles. The van der Waals surface area contributed by atoms with Crippen LogP contribution in [-0.2, 0) is 9.59 Å². The number of non-ortho nitro benzene ring substituents is 1. The molecule has 0 spiro atoms. The highest BCUT2D eigenvalue weighted by molar-refractivity contribution is 6.09. The van der Waals surface area contributed by atoms with Crippen molar-refractivity contribution in [2.24, 2.45) is 11.8 Å². The van der Waals surface area contributed by atoms with E-state index in [1.54, 1.807) is 30.3 Å². The van der Waals surface area contributed by atoms with E-state index in [-0.39, 0.29) is 11.3 Å². The maximum absolute atomic E-state index is 13.4. The lowest BCUT2D eigenvalue weighted by Gasteiger charge is -2.30. The topological polar surface area (TPSA) is 118 Å². The van der Waals surface area contributed by atoms with Crippen molar-refractivity contribution in [1.82, 2.24) is 10.0 Å². The molecule has 32 heavy (non-hydrogen) atoms. The molecule has 1 fully saturated rings. The molecule has 0 radical (unpaired) electrons. The first-order chi connectivity index (χ1) is 15.4. The Hall–Kier alpha value is -4.14. The maximum Gasteiger partial charge on any atom is 0.273 e. The van der Waals surface area contributed by atoms with Gasteiger partial charge >= 0.3 is 0 Å². The summed E-state index contributed by atoms with van der Waals surface area (Å²) in [5.41, 5.74) is -0.113. The number of carbonyl (C=O) groups excluding carboxylic acids is 4. The number of Topliss-reactive ketones (excluding diaryl/α,β-unsaturated/α-hetero) is 1. The summed E-state index contributed by atoms with van der Waals surface area (Å²) >= 11 is 0. The van der Waals surface area contributed by atoms with Crippen LogP contribution in [0.3, 0.4) is 0 Å². The second-order valence-corrected chi connectivity index (χ2v) is 7.60. The van der Waals surface area contributed by atoms with Gasteiger partial charge < -0.3 is 0 Å². The van der Waals surface area contributed by atoms with Gasteiger partial charge in [-0.3, -0.25) is 29.3 Å². The molecule has 1 saturated heterocycles. The highest BCUT2D eigenvalue weighted by atomic mass is 16.6. The molecule has 1 heterocycles. The van der Waals surface area contributed by atoms with Crippen LogP contribution in [0.2, 0.25) is 0 Å². The third-order valence-electron chi connectivity index (χ3n) is 5.65. The SMILES string of the molecule is O=C(CN(C(=O)c1cccc([N+](=O)[O-])c1)N1C(=O)[C@@H]2CC=CC[C@H]2C1=O)c1ccccc1. The summed E-state index contributed by atoms with van der Waals surface area (Å²) in [6, 6.07) is 13.1. The number of amides is 3. The van der Waals surface area contributed by atoms with E-state index in [9.17, 15) is 29.3 Å². The highest BCUT2D eigenvalue weighted by Gasteiger charge is 2.51. The Balaban J connectivity index is 1.71. The average molecular weight is 433 g/mol. The second-order valence-electron chi connectivity index (χ2n) is 7.60. The summed E-state index contributed by atoms with van der Waals surface area (Å²) in [7, 11) is 0. The quantitative estimate of drug-likeness (QED) is 0.227. The highest BCUT2D eigenvalue weighted by Crippen LogP contribution is 2.36. The standard InChI is InChI=1S/C23H19N3O6/c27-20(15-7-2-1-3-8-15)14-24(21(28)16-9-6-10-17(13-16)26(31)32)25-22(29)18-11-4-5-12-19(18)23(25)30/h1-10,13,18-19H,11-12,14H2/t18-,19-/m1/s1. The summed E-state index contributed by atoms with van der Waals surface area (Å²) in [5, 5.41) is 12.7. The van der Waals surface area contributed by atoms with E-state index in [2.05, 4.69) is 0 Å². The van der Waals surface area contributed by atoms with Crippen LogP contribution >= 0.6 is 0 Å². The van der Waals surface area contributed by atoms with Gasteiger partial charge in [0, 0.05) is 23.3 Å². The minimum atomic E-state index is -0.841. The summed E-state index contributed by atoms with van der Waals surface area (Å²) in [6.07, 6.45) is 4.38. The molecular formula is C23H19N3O6. The molecule has 0 saturated carbocycles. The van der Waals surface area contributed by atoms with E-state index in [0.717, 1.165) is 16.1 Å². The number of benzene rings is 2. The predicted molar refractivity (Wildman–Crippen MR) is 112 cm³/mol. The Morgan fingerprint density at radius 3 is 2.12 bits per heavy atom. The number of allylic oxidation sites excluding steroid dienone is 2. The third kappa shape index (κ3) is 3.80. The minimum Gasteiger partial charge on any atom is -0.292 e. The number of hydrogen-bond donors (Lipinski definition) is 0. The molecule has 3 amide bonds. The van der Waals surface area contributed by atoms with Crippen LogP contribution in [0.1, 0.15) is 33.6 Å². The largest absolute Gasteiger partial charge is 0.292 e. The number of nitro benzene ring substituents is 1. The zero-order chi connectivity index (χ0) is 22.8. The molecule has 9 heteroatoms.